The van der Waals surface area contributed by atoms with Gasteiger partial charge in [0.1, 0.15) is 11.2 Å². The number of amides is 2. The van der Waals surface area contributed by atoms with Crippen molar-refractivity contribution in [3.05, 3.63) is 22.7 Å². The Labute approximate surface area is 207 Å². The van der Waals surface area contributed by atoms with Crippen LogP contribution in [-0.2, 0) is 17.8 Å². The zero-order chi connectivity index (χ0) is 23.9. The molecule has 0 bridgehead atoms. The van der Waals surface area contributed by atoms with Crippen LogP contribution in [-0.4, -0.2) is 63.9 Å². The Morgan fingerprint density at radius 3 is 2.59 bits per heavy atom. The van der Waals surface area contributed by atoms with Gasteiger partial charge in [-0.15, -0.1) is 11.3 Å². The number of likely N-dealkylation sites (tertiary alicyclic amines) is 1. The Hall–Kier alpha value is -1.86. The van der Waals surface area contributed by atoms with E-state index < -0.39 is 5.54 Å². The average Bonchev–Trinajstić information content (AvgIpc) is 3.55. The van der Waals surface area contributed by atoms with Crippen molar-refractivity contribution in [1.29, 1.82) is 0 Å². The molecule has 2 amide bonds. The maximum Gasteiger partial charge on any atom is 0.271 e. The zero-order valence-electron chi connectivity index (χ0n) is 21.1. The SMILES string of the molecule is CCc1cc2c(cc3n2CC(C)(C(=O)NC2CCC(C)CC2)N(CCCN2CCCC2)C3=O)s1. The molecule has 1 aliphatic carbocycles. The van der Waals surface area contributed by atoms with E-state index in [1.165, 1.54) is 17.7 Å². The molecule has 1 saturated carbocycles. The van der Waals surface area contributed by atoms with Gasteiger partial charge in [-0.3, -0.25) is 9.59 Å². The Morgan fingerprint density at radius 2 is 1.88 bits per heavy atom. The van der Waals surface area contributed by atoms with Gasteiger partial charge in [0.15, 0.2) is 0 Å². The molecular weight excluding hydrogens is 444 g/mol. The van der Waals surface area contributed by atoms with Gasteiger partial charge in [0.25, 0.3) is 5.91 Å². The summed E-state index contributed by atoms with van der Waals surface area (Å²) in [6.45, 7) is 10.9. The minimum Gasteiger partial charge on any atom is -0.351 e. The van der Waals surface area contributed by atoms with E-state index in [9.17, 15) is 9.59 Å². The molecule has 0 spiro atoms. The van der Waals surface area contributed by atoms with Crippen molar-refractivity contribution in [2.24, 2.45) is 5.92 Å². The molecule has 6 nitrogen and oxygen atoms in total. The highest BCUT2D eigenvalue weighted by atomic mass is 32.1. The van der Waals surface area contributed by atoms with E-state index >= 15 is 0 Å². The fraction of sp³-hybridized carbons (Fsp3) is 0.704. The monoisotopic (exact) mass is 484 g/mol. The molecule has 2 aromatic rings. The Morgan fingerprint density at radius 1 is 1.15 bits per heavy atom. The Bertz CT molecular complexity index is 1040. The molecule has 34 heavy (non-hydrogen) atoms. The Kier molecular flexibility index (Phi) is 6.77. The van der Waals surface area contributed by atoms with Crippen LogP contribution in [0.5, 0.6) is 0 Å². The summed E-state index contributed by atoms with van der Waals surface area (Å²) in [4.78, 5) is 33.4. The number of carbonyl (C=O) groups excluding carboxylic acids is 2. The first kappa shape index (κ1) is 23.9. The summed E-state index contributed by atoms with van der Waals surface area (Å²) in [5.74, 6) is 0.758. The van der Waals surface area contributed by atoms with Gasteiger partial charge in [-0.1, -0.05) is 13.8 Å². The van der Waals surface area contributed by atoms with Crippen LogP contribution in [0.4, 0.5) is 0 Å². The third kappa shape index (κ3) is 4.41. The molecule has 2 aromatic heterocycles. The van der Waals surface area contributed by atoms with Gasteiger partial charge in [-0.2, -0.15) is 0 Å². The quantitative estimate of drug-likeness (QED) is 0.622. The lowest BCUT2D eigenvalue weighted by Crippen LogP contribution is -2.65. The maximum atomic E-state index is 13.8. The minimum absolute atomic E-state index is 0.00374. The standard InChI is InChI=1S/C27H40N4O2S/c1-4-21-16-22-24(34-21)17-23-25(32)31(15-7-14-29-12-5-6-13-29)27(3,18-30(22)23)26(33)28-20-10-8-19(2)9-11-20/h16-17,19-20H,4-15,18H2,1-3H3,(H,28,33). The number of hydrogen-bond donors (Lipinski definition) is 1. The summed E-state index contributed by atoms with van der Waals surface area (Å²) in [6, 6.07) is 4.48. The summed E-state index contributed by atoms with van der Waals surface area (Å²) in [7, 11) is 0. The average molecular weight is 485 g/mol. The van der Waals surface area contributed by atoms with E-state index in [-0.39, 0.29) is 17.9 Å². The molecule has 3 aliphatic rings. The number of nitrogens with one attached hydrogen (secondary N) is 1. The van der Waals surface area contributed by atoms with Gasteiger partial charge in [0, 0.05) is 17.5 Å². The van der Waals surface area contributed by atoms with Gasteiger partial charge >= 0.3 is 0 Å². The highest BCUT2D eigenvalue weighted by molar-refractivity contribution is 7.19. The fourth-order valence-electron chi connectivity index (χ4n) is 6.12. The Balaban J connectivity index is 1.41. The van der Waals surface area contributed by atoms with E-state index in [0.29, 0.717) is 13.1 Å². The molecular formula is C27H40N4O2S. The molecule has 1 unspecified atom stereocenters. The van der Waals surface area contributed by atoms with Crippen LogP contribution in [0.1, 0.15) is 81.1 Å². The van der Waals surface area contributed by atoms with Gasteiger partial charge < -0.3 is 19.7 Å². The van der Waals surface area contributed by atoms with Crippen molar-refractivity contribution < 1.29 is 9.59 Å². The molecule has 186 valence electrons. The van der Waals surface area contributed by atoms with Crippen molar-refractivity contribution in [3.63, 3.8) is 0 Å². The fourth-order valence-corrected chi connectivity index (χ4v) is 7.16. The van der Waals surface area contributed by atoms with Crippen LogP contribution in [0.3, 0.4) is 0 Å². The number of rotatable bonds is 7. The van der Waals surface area contributed by atoms with Crippen LogP contribution < -0.4 is 5.32 Å². The van der Waals surface area contributed by atoms with E-state index in [1.54, 1.807) is 11.3 Å². The lowest BCUT2D eigenvalue weighted by atomic mass is 9.86. The van der Waals surface area contributed by atoms with E-state index in [2.05, 4.69) is 40.8 Å². The van der Waals surface area contributed by atoms with Crippen LogP contribution in [0.25, 0.3) is 10.2 Å². The molecule has 2 fully saturated rings. The lowest BCUT2D eigenvalue weighted by molar-refractivity contribution is -0.133. The van der Waals surface area contributed by atoms with E-state index in [0.717, 1.165) is 80.0 Å². The minimum atomic E-state index is -0.877. The summed E-state index contributed by atoms with van der Waals surface area (Å²) in [5.41, 5.74) is 0.965. The highest BCUT2D eigenvalue weighted by Crippen LogP contribution is 2.36. The normalized spacial score (nSPS) is 28.0. The first-order chi connectivity index (χ1) is 16.4. The summed E-state index contributed by atoms with van der Waals surface area (Å²) >= 11 is 1.77. The van der Waals surface area contributed by atoms with Gasteiger partial charge in [0.2, 0.25) is 5.91 Å². The largest absolute Gasteiger partial charge is 0.351 e. The topological polar surface area (TPSA) is 57.6 Å². The molecule has 1 saturated heterocycles. The first-order valence-electron chi connectivity index (χ1n) is 13.4. The molecule has 2 aliphatic heterocycles. The molecule has 0 radical (unpaired) electrons. The predicted molar refractivity (Wildman–Crippen MR) is 138 cm³/mol. The third-order valence-corrected chi connectivity index (χ3v) is 9.63. The van der Waals surface area contributed by atoms with Gasteiger partial charge in [-0.25, -0.2) is 0 Å². The number of carbonyl (C=O) groups is 2. The lowest BCUT2D eigenvalue weighted by Gasteiger charge is -2.45. The number of hydrogen-bond acceptors (Lipinski definition) is 4. The first-order valence-corrected chi connectivity index (χ1v) is 14.2. The number of thiophene rings is 1. The zero-order valence-corrected chi connectivity index (χ0v) is 21.9. The third-order valence-electron chi connectivity index (χ3n) is 8.41. The number of aryl methyl sites for hydroxylation is 1. The highest BCUT2D eigenvalue weighted by Gasteiger charge is 2.48. The summed E-state index contributed by atoms with van der Waals surface area (Å²) in [5, 5.41) is 3.37. The number of fused-ring (bicyclic) bond motifs is 3. The van der Waals surface area contributed by atoms with Crippen molar-refractivity contribution in [2.45, 2.75) is 90.3 Å². The van der Waals surface area contributed by atoms with Crippen molar-refractivity contribution in [1.82, 2.24) is 19.7 Å². The van der Waals surface area contributed by atoms with Crippen molar-refractivity contribution in [3.8, 4) is 0 Å². The van der Waals surface area contributed by atoms with Crippen LogP contribution in [0.2, 0.25) is 0 Å². The van der Waals surface area contributed by atoms with Gasteiger partial charge in [-0.05, 0) is 96.0 Å². The van der Waals surface area contributed by atoms with Crippen molar-refractivity contribution >= 4 is 33.4 Å². The molecule has 7 heteroatoms. The second-order valence-corrected chi connectivity index (χ2v) is 12.2. The maximum absolute atomic E-state index is 13.8. The van der Waals surface area contributed by atoms with Crippen molar-refractivity contribution in [2.75, 3.05) is 26.2 Å². The second-order valence-electron chi connectivity index (χ2n) is 11.0. The van der Waals surface area contributed by atoms with Gasteiger partial charge in [0.05, 0.1) is 16.8 Å². The molecule has 1 N–H and O–H groups in total. The molecule has 0 aromatic carbocycles. The molecule has 5 rings (SSSR count). The smallest absolute Gasteiger partial charge is 0.271 e. The molecule has 4 heterocycles. The summed E-state index contributed by atoms with van der Waals surface area (Å²) < 4.78 is 3.27. The summed E-state index contributed by atoms with van der Waals surface area (Å²) in [6.07, 6.45) is 8.84. The number of nitrogens with zero attached hydrogens (tertiary/aromatic N) is 3. The number of aromatic nitrogens is 1. The molecule has 1 atom stereocenters. The van der Waals surface area contributed by atoms with Crippen LogP contribution >= 0.6 is 11.3 Å². The predicted octanol–water partition coefficient (Wildman–Crippen LogP) is 4.66. The van der Waals surface area contributed by atoms with Crippen LogP contribution in [0.15, 0.2) is 12.1 Å². The second kappa shape index (κ2) is 9.65. The van der Waals surface area contributed by atoms with E-state index in [1.807, 2.05) is 11.8 Å². The van der Waals surface area contributed by atoms with E-state index in [4.69, 9.17) is 0 Å². The van der Waals surface area contributed by atoms with Crippen LogP contribution in [0, 0.1) is 5.92 Å².